The van der Waals surface area contributed by atoms with E-state index in [0.29, 0.717) is 5.95 Å². The van der Waals surface area contributed by atoms with Crippen molar-refractivity contribution in [3.63, 3.8) is 0 Å². The lowest BCUT2D eigenvalue weighted by molar-refractivity contribution is 0.563. The van der Waals surface area contributed by atoms with Crippen molar-refractivity contribution >= 4 is 11.8 Å². The number of nitrogens with one attached hydrogen (secondary N) is 1. The number of furan rings is 1. The summed E-state index contributed by atoms with van der Waals surface area (Å²) >= 11 is 0. The summed E-state index contributed by atoms with van der Waals surface area (Å²) in [7, 11) is 2.01. The van der Waals surface area contributed by atoms with Gasteiger partial charge in [0.1, 0.15) is 5.82 Å². The molecule has 102 valence electrons. The molecule has 19 heavy (non-hydrogen) atoms. The lowest BCUT2D eigenvalue weighted by Gasteiger charge is -2.18. The maximum absolute atomic E-state index is 5.08. The Morgan fingerprint density at radius 2 is 2.21 bits per heavy atom. The molecule has 0 fully saturated rings. The third-order valence-electron chi connectivity index (χ3n) is 2.76. The molecule has 0 aliphatic rings. The van der Waals surface area contributed by atoms with Crippen LogP contribution in [0, 0.1) is 6.92 Å². The Bertz CT molecular complexity index is 510. The van der Waals surface area contributed by atoms with Crippen LogP contribution in [-0.4, -0.2) is 23.6 Å². The molecule has 0 saturated carbocycles. The summed E-state index contributed by atoms with van der Waals surface area (Å²) in [4.78, 5) is 11.0. The molecule has 0 radical (unpaired) electrons. The minimum Gasteiger partial charge on any atom is -0.472 e. The summed E-state index contributed by atoms with van der Waals surface area (Å²) in [5.74, 6) is 1.60. The van der Waals surface area contributed by atoms with Gasteiger partial charge in [0.2, 0.25) is 5.95 Å². The van der Waals surface area contributed by atoms with Crippen molar-refractivity contribution in [2.24, 2.45) is 0 Å². The van der Waals surface area contributed by atoms with E-state index in [1.54, 1.807) is 12.5 Å². The van der Waals surface area contributed by atoms with Gasteiger partial charge >= 0.3 is 0 Å². The van der Waals surface area contributed by atoms with Crippen LogP contribution < -0.4 is 10.2 Å². The first-order chi connectivity index (χ1) is 9.19. The van der Waals surface area contributed by atoms with E-state index in [9.17, 15) is 0 Å². The highest BCUT2D eigenvalue weighted by atomic mass is 16.3. The van der Waals surface area contributed by atoms with Crippen LogP contribution in [0.15, 0.2) is 29.1 Å². The van der Waals surface area contributed by atoms with E-state index in [2.05, 4.69) is 27.1 Å². The molecule has 2 rings (SSSR count). The highest BCUT2D eigenvalue weighted by Gasteiger charge is 2.07. The number of aromatic nitrogens is 2. The number of hydrogen-bond acceptors (Lipinski definition) is 5. The van der Waals surface area contributed by atoms with E-state index < -0.39 is 0 Å². The molecular formula is C14H20N4O. The average molecular weight is 260 g/mol. The van der Waals surface area contributed by atoms with E-state index in [1.165, 1.54) is 0 Å². The van der Waals surface area contributed by atoms with Gasteiger partial charge in [-0.15, -0.1) is 0 Å². The Morgan fingerprint density at radius 3 is 2.89 bits per heavy atom. The molecule has 0 unspecified atom stereocenters. The zero-order chi connectivity index (χ0) is 13.7. The monoisotopic (exact) mass is 260 g/mol. The van der Waals surface area contributed by atoms with Gasteiger partial charge in [0.25, 0.3) is 0 Å². The van der Waals surface area contributed by atoms with Crippen molar-refractivity contribution < 1.29 is 4.42 Å². The molecule has 5 nitrogen and oxygen atoms in total. The summed E-state index contributed by atoms with van der Waals surface area (Å²) < 4.78 is 5.08. The van der Waals surface area contributed by atoms with E-state index in [4.69, 9.17) is 4.42 Å². The molecular weight excluding hydrogens is 240 g/mol. The van der Waals surface area contributed by atoms with Gasteiger partial charge in [0.05, 0.1) is 12.5 Å². The highest BCUT2D eigenvalue weighted by molar-refractivity contribution is 5.44. The van der Waals surface area contributed by atoms with Crippen molar-refractivity contribution in [2.45, 2.75) is 26.8 Å². The minimum atomic E-state index is 0.691. The summed E-state index contributed by atoms with van der Waals surface area (Å²) in [6.45, 7) is 5.75. The van der Waals surface area contributed by atoms with Gasteiger partial charge in [-0.2, -0.15) is 4.98 Å². The molecule has 0 aromatic carbocycles. The van der Waals surface area contributed by atoms with Gasteiger partial charge in [0.15, 0.2) is 0 Å². The van der Waals surface area contributed by atoms with Crippen LogP contribution in [0.2, 0.25) is 0 Å². The smallest absolute Gasteiger partial charge is 0.224 e. The van der Waals surface area contributed by atoms with Crippen molar-refractivity contribution in [3.8, 4) is 0 Å². The molecule has 2 heterocycles. The lowest BCUT2D eigenvalue weighted by Crippen LogP contribution is -2.18. The standard InChI is InChI=1S/C14H20N4O/c1-4-6-15-14-16-11(2)8-13(17-14)18(3)9-12-5-7-19-10-12/h5,7-8,10H,4,6,9H2,1-3H3,(H,15,16,17). The Kier molecular flexibility index (Phi) is 4.39. The van der Waals surface area contributed by atoms with E-state index in [1.807, 2.05) is 26.1 Å². The first-order valence-corrected chi connectivity index (χ1v) is 6.51. The lowest BCUT2D eigenvalue weighted by atomic mass is 10.3. The molecule has 1 N–H and O–H groups in total. The zero-order valence-electron chi connectivity index (χ0n) is 11.7. The van der Waals surface area contributed by atoms with Gasteiger partial charge in [-0.05, 0) is 19.4 Å². The molecule has 0 saturated heterocycles. The predicted octanol–water partition coefficient (Wildman–Crippen LogP) is 2.84. The average Bonchev–Trinajstić information content (AvgIpc) is 2.88. The summed E-state index contributed by atoms with van der Waals surface area (Å²) in [5, 5.41) is 3.22. The molecule has 0 amide bonds. The number of rotatable bonds is 6. The summed E-state index contributed by atoms with van der Waals surface area (Å²) in [6, 6.07) is 3.94. The molecule has 0 atom stereocenters. The Hall–Kier alpha value is -2.04. The predicted molar refractivity (Wildman–Crippen MR) is 76.4 cm³/mol. The molecule has 0 aliphatic heterocycles. The van der Waals surface area contributed by atoms with Crippen LogP contribution in [-0.2, 0) is 6.54 Å². The van der Waals surface area contributed by atoms with E-state index in [0.717, 1.165) is 36.6 Å². The topological polar surface area (TPSA) is 54.2 Å². The number of nitrogens with zero attached hydrogens (tertiary/aromatic N) is 3. The quantitative estimate of drug-likeness (QED) is 0.865. The van der Waals surface area contributed by atoms with E-state index >= 15 is 0 Å². The molecule has 2 aromatic heterocycles. The normalized spacial score (nSPS) is 10.5. The van der Waals surface area contributed by atoms with Crippen molar-refractivity contribution in [2.75, 3.05) is 23.8 Å². The fourth-order valence-electron chi connectivity index (χ4n) is 1.80. The van der Waals surface area contributed by atoms with Crippen LogP contribution in [0.5, 0.6) is 0 Å². The van der Waals surface area contributed by atoms with Crippen LogP contribution in [0.3, 0.4) is 0 Å². The van der Waals surface area contributed by atoms with Crippen LogP contribution in [0.4, 0.5) is 11.8 Å². The second-order valence-electron chi connectivity index (χ2n) is 4.61. The number of hydrogen-bond donors (Lipinski definition) is 1. The molecule has 0 aliphatic carbocycles. The number of anilines is 2. The molecule has 0 bridgehead atoms. The summed E-state index contributed by atoms with van der Waals surface area (Å²) in [6.07, 6.45) is 4.49. The first-order valence-electron chi connectivity index (χ1n) is 6.51. The van der Waals surface area contributed by atoms with Gasteiger partial charge in [0, 0.05) is 37.5 Å². The minimum absolute atomic E-state index is 0.691. The first kappa shape index (κ1) is 13.4. The highest BCUT2D eigenvalue weighted by Crippen LogP contribution is 2.16. The summed E-state index contributed by atoms with van der Waals surface area (Å²) in [5.41, 5.74) is 2.09. The second-order valence-corrected chi connectivity index (χ2v) is 4.61. The maximum Gasteiger partial charge on any atom is 0.224 e. The fraction of sp³-hybridized carbons (Fsp3) is 0.429. The maximum atomic E-state index is 5.08. The van der Waals surface area contributed by atoms with Crippen molar-refractivity contribution in [3.05, 3.63) is 35.9 Å². The molecule has 0 spiro atoms. The Balaban J connectivity index is 2.11. The van der Waals surface area contributed by atoms with Crippen molar-refractivity contribution in [1.82, 2.24) is 9.97 Å². The third kappa shape index (κ3) is 3.71. The van der Waals surface area contributed by atoms with Gasteiger partial charge in [-0.3, -0.25) is 0 Å². The van der Waals surface area contributed by atoms with E-state index in [-0.39, 0.29) is 0 Å². The molecule has 2 aromatic rings. The van der Waals surface area contributed by atoms with Crippen LogP contribution in [0.25, 0.3) is 0 Å². The zero-order valence-corrected chi connectivity index (χ0v) is 11.7. The third-order valence-corrected chi connectivity index (χ3v) is 2.76. The number of aryl methyl sites for hydroxylation is 1. The Morgan fingerprint density at radius 1 is 1.37 bits per heavy atom. The van der Waals surface area contributed by atoms with Gasteiger partial charge < -0.3 is 14.6 Å². The van der Waals surface area contributed by atoms with Crippen molar-refractivity contribution in [1.29, 1.82) is 0 Å². The molecule has 5 heteroatoms. The SMILES string of the molecule is CCCNc1nc(C)cc(N(C)Cc2ccoc2)n1. The van der Waals surface area contributed by atoms with Crippen LogP contribution >= 0.6 is 0 Å². The van der Waals surface area contributed by atoms with Gasteiger partial charge in [-0.1, -0.05) is 6.92 Å². The fourth-order valence-corrected chi connectivity index (χ4v) is 1.80. The Labute approximate surface area is 113 Å². The van der Waals surface area contributed by atoms with Crippen LogP contribution in [0.1, 0.15) is 24.6 Å². The largest absolute Gasteiger partial charge is 0.472 e. The second kappa shape index (κ2) is 6.22. The van der Waals surface area contributed by atoms with Gasteiger partial charge in [-0.25, -0.2) is 4.98 Å².